The monoisotopic (exact) mass is 289 g/mol. The number of piperidine rings is 1. The van der Waals surface area contributed by atoms with Crippen LogP contribution < -0.4 is 4.74 Å². The summed E-state index contributed by atoms with van der Waals surface area (Å²) in [6, 6.07) is 5.79. The Hall–Kier alpha value is -1.35. The van der Waals surface area contributed by atoms with E-state index in [0.29, 0.717) is 6.42 Å². The van der Waals surface area contributed by atoms with E-state index in [1.54, 1.807) is 0 Å². The number of hydrogen-bond donors (Lipinski definition) is 0. The Kier molecular flexibility index (Phi) is 6.24. The van der Waals surface area contributed by atoms with Crippen LogP contribution in [0.5, 0.6) is 5.75 Å². The molecule has 0 radical (unpaired) electrons. The van der Waals surface area contributed by atoms with Crippen molar-refractivity contribution in [1.29, 1.82) is 0 Å². The molecule has 0 N–H and O–H groups in total. The molecule has 0 unspecified atom stereocenters. The van der Waals surface area contributed by atoms with E-state index in [0.717, 1.165) is 49.5 Å². The molecule has 1 fully saturated rings. The third-order valence-corrected chi connectivity index (χ3v) is 4.06. The van der Waals surface area contributed by atoms with Gasteiger partial charge in [0, 0.05) is 18.5 Å². The van der Waals surface area contributed by atoms with E-state index in [2.05, 4.69) is 11.8 Å². The van der Waals surface area contributed by atoms with Gasteiger partial charge in [-0.25, -0.2) is 0 Å². The van der Waals surface area contributed by atoms with Crippen LogP contribution in [0.4, 0.5) is 0 Å². The van der Waals surface area contributed by atoms with E-state index in [-0.39, 0.29) is 5.78 Å². The van der Waals surface area contributed by atoms with Gasteiger partial charge in [-0.15, -0.1) is 0 Å². The van der Waals surface area contributed by atoms with Gasteiger partial charge in [0.25, 0.3) is 0 Å². The molecule has 3 heteroatoms. The predicted octanol–water partition coefficient (Wildman–Crippen LogP) is 3.84. The Morgan fingerprint density at radius 1 is 1.24 bits per heavy atom. The van der Waals surface area contributed by atoms with Gasteiger partial charge < -0.3 is 9.64 Å². The number of rotatable bonds is 7. The molecule has 0 atom stereocenters. The highest BCUT2D eigenvalue weighted by atomic mass is 16.5. The molecule has 0 aliphatic carbocycles. The number of benzene rings is 1. The Morgan fingerprint density at radius 3 is 2.67 bits per heavy atom. The molecule has 0 spiro atoms. The molecule has 2 rings (SSSR count). The average molecular weight is 289 g/mol. The zero-order valence-electron chi connectivity index (χ0n) is 13.4. The third kappa shape index (κ3) is 4.85. The molecule has 1 aliphatic heterocycles. The highest BCUT2D eigenvalue weighted by Crippen LogP contribution is 2.20. The summed E-state index contributed by atoms with van der Waals surface area (Å²) in [4.78, 5) is 14.7. The zero-order chi connectivity index (χ0) is 15.1. The largest absolute Gasteiger partial charge is 0.493 e. The van der Waals surface area contributed by atoms with Gasteiger partial charge in [0.15, 0.2) is 5.78 Å². The number of ether oxygens (including phenoxy) is 1. The quantitative estimate of drug-likeness (QED) is 0.714. The van der Waals surface area contributed by atoms with Gasteiger partial charge in [0.2, 0.25) is 0 Å². The average Bonchev–Trinajstić information content (AvgIpc) is 2.52. The molecule has 0 saturated carbocycles. The second kappa shape index (κ2) is 8.18. The predicted molar refractivity (Wildman–Crippen MR) is 86.2 cm³/mol. The van der Waals surface area contributed by atoms with Crippen molar-refractivity contribution in [2.75, 3.05) is 26.2 Å². The Labute approximate surface area is 128 Å². The minimum atomic E-state index is 0.241. The first-order valence-electron chi connectivity index (χ1n) is 8.19. The first kappa shape index (κ1) is 16.0. The summed E-state index contributed by atoms with van der Waals surface area (Å²) >= 11 is 0. The van der Waals surface area contributed by atoms with Crippen molar-refractivity contribution >= 4 is 5.78 Å². The fourth-order valence-electron chi connectivity index (χ4n) is 2.78. The minimum absolute atomic E-state index is 0.241. The fourth-order valence-corrected chi connectivity index (χ4v) is 2.78. The first-order valence-corrected chi connectivity index (χ1v) is 8.19. The Balaban J connectivity index is 1.88. The lowest BCUT2D eigenvalue weighted by atomic mass is 10.0. The summed E-state index contributed by atoms with van der Waals surface area (Å²) in [5.74, 6) is 1.13. The van der Waals surface area contributed by atoms with Gasteiger partial charge in [-0.2, -0.15) is 0 Å². The van der Waals surface area contributed by atoms with E-state index in [1.807, 2.05) is 25.1 Å². The number of likely N-dealkylation sites (tertiary alicyclic amines) is 1. The highest BCUT2D eigenvalue weighted by Gasteiger charge is 2.13. The Morgan fingerprint density at radius 2 is 2.00 bits per heavy atom. The Bertz CT molecular complexity index is 464. The van der Waals surface area contributed by atoms with Crippen LogP contribution in [-0.2, 0) is 0 Å². The van der Waals surface area contributed by atoms with E-state index < -0.39 is 0 Å². The molecule has 3 nitrogen and oxygen atoms in total. The first-order chi connectivity index (χ1) is 10.2. The van der Waals surface area contributed by atoms with E-state index in [9.17, 15) is 4.79 Å². The van der Waals surface area contributed by atoms with Crippen molar-refractivity contribution in [3.05, 3.63) is 29.3 Å². The van der Waals surface area contributed by atoms with Gasteiger partial charge in [-0.3, -0.25) is 4.79 Å². The topological polar surface area (TPSA) is 29.5 Å². The minimum Gasteiger partial charge on any atom is -0.493 e. The molecule has 1 saturated heterocycles. The van der Waals surface area contributed by atoms with Gasteiger partial charge in [-0.1, -0.05) is 13.3 Å². The number of carbonyl (C=O) groups is 1. The van der Waals surface area contributed by atoms with Crippen LogP contribution in [0.15, 0.2) is 18.2 Å². The fraction of sp³-hybridized carbons (Fsp3) is 0.611. The normalized spacial score (nSPS) is 15.9. The van der Waals surface area contributed by atoms with Gasteiger partial charge in [-0.05, 0) is 63.0 Å². The number of carbonyl (C=O) groups excluding carboxylic acids is 1. The molecule has 116 valence electrons. The molecular formula is C18H27NO2. The summed E-state index contributed by atoms with van der Waals surface area (Å²) in [6.07, 6.45) is 5.50. The van der Waals surface area contributed by atoms with Crippen LogP contribution in [0, 0.1) is 6.92 Å². The molecule has 1 aromatic carbocycles. The van der Waals surface area contributed by atoms with Crippen molar-refractivity contribution in [1.82, 2.24) is 4.90 Å². The molecule has 21 heavy (non-hydrogen) atoms. The maximum absolute atomic E-state index is 12.3. The van der Waals surface area contributed by atoms with Crippen molar-refractivity contribution in [3.63, 3.8) is 0 Å². The van der Waals surface area contributed by atoms with Crippen molar-refractivity contribution in [2.45, 2.75) is 46.0 Å². The third-order valence-electron chi connectivity index (χ3n) is 4.06. The van der Waals surface area contributed by atoms with Crippen LogP contribution in [0.3, 0.4) is 0 Å². The smallest absolute Gasteiger partial charge is 0.164 e. The van der Waals surface area contributed by atoms with E-state index >= 15 is 0 Å². The van der Waals surface area contributed by atoms with Gasteiger partial charge in [0.1, 0.15) is 5.75 Å². The summed E-state index contributed by atoms with van der Waals surface area (Å²) in [5.41, 5.74) is 1.86. The molecule has 1 heterocycles. The van der Waals surface area contributed by atoms with E-state index in [4.69, 9.17) is 4.74 Å². The molecule has 0 aromatic heterocycles. The summed E-state index contributed by atoms with van der Waals surface area (Å²) < 4.78 is 5.66. The van der Waals surface area contributed by atoms with Crippen LogP contribution >= 0.6 is 0 Å². The second-order valence-corrected chi connectivity index (χ2v) is 5.90. The number of aryl methyl sites for hydroxylation is 1. The maximum atomic E-state index is 12.3. The molecule has 0 amide bonds. The molecule has 1 aliphatic rings. The number of hydrogen-bond acceptors (Lipinski definition) is 3. The number of nitrogens with zero attached hydrogens (tertiary/aromatic N) is 1. The lowest BCUT2D eigenvalue weighted by molar-refractivity contribution is 0.0958. The zero-order valence-corrected chi connectivity index (χ0v) is 13.4. The maximum Gasteiger partial charge on any atom is 0.164 e. The van der Waals surface area contributed by atoms with Gasteiger partial charge >= 0.3 is 0 Å². The molecule has 1 aromatic rings. The van der Waals surface area contributed by atoms with Crippen LogP contribution in [-0.4, -0.2) is 36.9 Å². The lowest BCUT2D eigenvalue weighted by Gasteiger charge is -2.25. The summed E-state index contributed by atoms with van der Waals surface area (Å²) in [5, 5.41) is 0. The number of Topliss-reactive ketones (excluding diaryl/α,β-unsaturated/α-hetero) is 1. The van der Waals surface area contributed by atoms with Crippen molar-refractivity contribution < 1.29 is 9.53 Å². The lowest BCUT2D eigenvalue weighted by Crippen LogP contribution is -2.31. The summed E-state index contributed by atoms with van der Waals surface area (Å²) in [7, 11) is 0. The summed E-state index contributed by atoms with van der Waals surface area (Å²) in [6.45, 7) is 8.02. The SMILES string of the molecule is CCCOc1ccc(C(=O)CCN2CCCCC2)cc1C. The van der Waals surface area contributed by atoms with E-state index in [1.165, 1.54) is 19.3 Å². The second-order valence-electron chi connectivity index (χ2n) is 5.90. The number of ketones is 1. The van der Waals surface area contributed by atoms with Crippen LogP contribution in [0.1, 0.15) is 54.9 Å². The standard InChI is InChI=1S/C18H27NO2/c1-3-13-21-18-8-7-16(14-15(18)2)17(20)9-12-19-10-5-4-6-11-19/h7-8,14H,3-6,9-13H2,1-2H3. The molecular weight excluding hydrogens is 262 g/mol. The van der Waals surface area contributed by atoms with Crippen LogP contribution in [0.2, 0.25) is 0 Å². The van der Waals surface area contributed by atoms with Crippen LogP contribution in [0.25, 0.3) is 0 Å². The van der Waals surface area contributed by atoms with Crippen molar-refractivity contribution in [3.8, 4) is 5.75 Å². The molecule has 0 bridgehead atoms. The van der Waals surface area contributed by atoms with Crippen molar-refractivity contribution in [2.24, 2.45) is 0 Å². The highest BCUT2D eigenvalue weighted by molar-refractivity contribution is 5.96. The van der Waals surface area contributed by atoms with Gasteiger partial charge in [0.05, 0.1) is 6.61 Å².